The quantitative estimate of drug-likeness (QED) is 0.272. The van der Waals surface area contributed by atoms with E-state index in [2.05, 4.69) is 29.6 Å². The Bertz CT molecular complexity index is 1330. The molecule has 188 valence electrons. The highest BCUT2D eigenvalue weighted by atomic mass is 32.1. The molecule has 1 atom stereocenters. The van der Waals surface area contributed by atoms with Gasteiger partial charge in [0, 0.05) is 25.2 Å². The van der Waals surface area contributed by atoms with E-state index in [1.165, 1.54) is 0 Å². The van der Waals surface area contributed by atoms with Crippen LogP contribution in [0.3, 0.4) is 0 Å². The van der Waals surface area contributed by atoms with Crippen molar-refractivity contribution in [3.05, 3.63) is 117 Å². The van der Waals surface area contributed by atoms with Gasteiger partial charge < -0.3 is 14.4 Å². The third kappa shape index (κ3) is 5.44. The number of nitrogens with zero attached hydrogens (tertiary/aromatic N) is 2. The first-order chi connectivity index (χ1) is 18.2. The molecule has 0 spiro atoms. The highest BCUT2D eigenvalue weighted by molar-refractivity contribution is 7.08. The van der Waals surface area contributed by atoms with Gasteiger partial charge in [0.15, 0.2) is 11.5 Å². The summed E-state index contributed by atoms with van der Waals surface area (Å²) < 4.78 is 11.2. The van der Waals surface area contributed by atoms with Gasteiger partial charge in [-0.3, -0.25) is 9.79 Å². The molecule has 1 amide bonds. The van der Waals surface area contributed by atoms with E-state index < -0.39 is 5.92 Å². The molecule has 37 heavy (non-hydrogen) atoms. The van der Waals surface area contributed by atoms with Crippen LogP contribution in [-0.2, 0) is 24.3 Å². The van der Waals surface area contributed by atoms with Gasteiger partial charge >= 0.3 is 0 Å². The lowest BCUT2D eigenvalue weighted by atomic mass is 9.85. The number of methoxy groups -OCH3 is 2. The van der Waals surface area contributed by atoms with Crippen molar-refractivity contribution in [2.45, 2.75) is 25.4 Å². The van der Waals surface area contributed by atoms with E-state index in [-0.39, 0.29) is 5.91 Å². The number of amides is 1. The second kappa shape index (κ2) is 11.4. The standard InChI is InChI=1S/C31H30N2O3S/c1-35-27-17-24-13-15-32-30(26(24)18-28(27)36-2)29(25-14-16-37-21-25)31(34)33(19-22-9-5-3-6-10-22)20-23-11-7-4-8-12-23/h3-12,14,16-18,21,29H,13,15,19-20H2,1-2H3/t29-/m1/s1. The minimum Gasteiger partial charge on any atom is -0.493 e. The molecule has 0 fully saturated rings. The van der Waals surface area contributed by atoms with Crippen molar-refractivity contribution in [1.29, 1.82) is 0 Å². The summed E-state index contributed by atoms with van der Waals surface area (Å²) in [6.45, 7) is 1.66. The Hall–Kier alpha value is -3.90. The molecule has 2 heterocycles. The van der Waals surface area contributed by atoms with Gasteiger partial charge in [-0.15, -0.1) is 0 Å². The average Bonchev–Trinajstić information content (AvgIpc) is 3.48. The molecular weight excluding hydrogens is 480 g/mol. The van der Waals surface area contributed by atoms with Gasteiger partial charge in [0.2, 0.25) is 5.91 Å². The minimum absolute atomic E-state index is 0.0347. The molecule has 0 saturated carbocycles. The topological polar surface area (TPSA) is 51.1 Å². The van der Waals surface area contributed by atoms with Gasteiger partial charge in [-0.25, -0.2) is 0 Å². The highest BCUT2D eigenvalue weighted by Gasteiger charge is 2.34. The third-order valence-corrected chi connectivity index (χ3v) is 7.39. The summed E-state index contributed by atoms with van der Waals surface area (Å²) in [4.78, 5) is 21.4. The molecule has 1 aliphatic heterocycles. The fourth-order valence-corrected chi connectivity index (χ4v) is 5.54. The van der Waals surface area contributed by atoms with Crippen LogP contribution in [0, 0.1) is 0 Å². The van der Waals surface area contributed by atoms with E-state index in [4.69, 9.17) is 14.5 Å². The van der Waals surface area contributed by atoms with Gasteiger partial charge in [-0.05, 0) is 57.6 Å². The third-order valence-electron chi connectivity index (χ3n) is 6.69. The fraction of sp³-hybridized carbons (Fsp3) is 0.226. The molecule has 0 N–H and O–H groups in total. The number of thiophene rings is 1. The number of carbonyl (C=O) groups excluding carboxylic acids is 1. The van der Waals surface area contributed by atoms with E-state index in [1.54, 1.807) is 25.6 Å². The molecule has 3 aromatic carbocycles. The minimum atomic E-state index is -0.518. The van der Waals surface area contributed by atoms with Crippen molar-refractivity contribution in [2.24, 2.45) is 4.99 Å². The van der Waals surface area contributed by atoms with Crippen LogP contribution in [0.25, 0.3) is 0 Å². The molecule has 0 saturated heterocycles. The number of hydrogen-bond acceptors (Lipinski definition) is 5. The van der Waals surface area contributed by atoms with E-state index in [0.29, 0.717) is 31.1 Å². The number of benzene rings is 3. The summed E-state index contributed by atoms with van der Waals surface area (Å²) in [5, 5.41) is 4.08. The van der Waals surface area contributed by atoms with Crippen molar-refractivity contribution in [3.63, 3.8) is 0 Å². The predicted molar refractivity (Wildman–Crippen MR) is 149 cm³/mol. The van der Waals surface area contributed by atoms with Crippen molar-refractivity contribution in [3.8, 4) is 11.5 Å². The van der Waals surface area contributed by atoms with Gasteiger partial charge in [0.05, 0.1) is 19.9 Å². The second-order valence-electron chi connectivity index (χ2n) is 9.04. The maximum absolute atomic E-state index is 14.5. The Balaban J connectivity index is 1.58. The summed E-state index contributed by atoms with van der Waals surface area (Å²) >= 11 is 1.59. The summed E-state index contributed by atoms with van der Waals surface area (Å²) in [5.41, 5.74) is 6.00. The van der Waals surface area contributed by atoms with Crippen LogP contribution in [0.4, 0.5) is 0 Å². The van der Waals surface area contributed by atoms with E-state index in [1.807, 2.05) is 64.9 Å². The molecule has 0 bridgehead atoms. The van der Waals surface area contributed by atoms with Crippen LogP contribution < -0.4 is 9.47 Å². The molecule has 5 rings (SSSR count). The highest BCUT2D eigenvalue weighted by Crippen LogP contribution is 2.37. The summed E-state index contributed by atoms with van der Waals surface area (Å²) in [7, 11) is 3.28. The molecule has 0 unspecified atom stereocenters. The zero-order valence-electron chi connectivity index (χ0n) is 21.1. The second-order valence-corrected chi connectivity index (χ2v) is 9.82. The molecule has 4 aromatic rings. The van der Waals surface area contributed by atoms with Crippen LogP contribution in [0.1, 0.15) is 33.7 Å². The molecule has 6 heteroatoms. The van der Waals surface area contributed by atoms with Gasteiger partial charge in [-0.2, -0.15) is 11.3 Å². The predicted octanol–water partition coefficient (Wildman–Crippen LogP) is 6.12. The van der Waals surface area contributed by atoms with Crippen molar-refractivity contribution >= 4 is 23.0 Å². The summed E-state index contributed by atoms with van der Waals surface area (Å²) in [5.74, 6) is 0.844. The van der Waals surface area contributed by atoms with Crippen LogP contribution in [0.15, 0.2) is 94.6 Å². The average molecular weight is 511 g/mol. The van der Waals surface area contributed by atoms with E-state index >= 15 is 0 Å². The lowest BCUT2D eigenvalue weighted by Crippen LogP contribution is -2.38. The van der Waals surface area contributed by atoms with Crippen LogP contribution in [-0.4, -0.2) is 37.3 Å². The maximum atomic E-state index is 14.5. The molecule has 0 aliphatic carbocycles. The summed E-state index contributed by atoms with van der Waals surface area (Å²) in [6.07, 6.45) is 0.793. The van der Waals surface area contributed by atoms with Gasteiger partial charge in [-0.1, -0.05) is 60.7 Å². The first-order valence-electron chi connectivity index (χ1n) is 12.4. The molecule has 1 aliphatic rings. The van der Waals surface area contributed by atoms with Crippen LogP contribution in [0.5, 0.6) is 11.5 Å². The Kier molecular flexibility index (Phi) is 7.66. The number of rotatable bonds is 9. The number of hydrogen-bond donors (Lipinski definition) is 0. The smallest absolute Gasteiger partial charge is 0.236 e. The van der Waals surface area contributed by atoms with Crippen molar-refractivity contribution in [1.82, 2.24) is 4.90 Å². The van der Waals surface area contributed by atoms with Crippen molar-refractivity contribution in [2.75, 3.05) is 20.8 Å². The first-order valence-corrected chi connectivity index (χ1v) is 13.3. The lowest BCUT2D eigenvalue weighted by molar-refractivity contribution is -0.132. The van der Waals surface area contributed by atoms with E-state index in [0.717, 1.165) is 39.9 Å². The normalized spacial score (nSPS) is 13.3. The zero-order valence-corrected chi connectivity index (χ0v) is 21.9. The maximum Gasteiger partial charge on any atom is 0.236 e. The Morgan fingerprint density at radius 2 is 1.54 bits per heavy atom. The number of aliphatic imine (C=N–C) groups is 1. The Morgan fingerprint density at radius 1 is 0.919 bits per heavy atom. The summed E-state index contributed by atoms with van der Waals surface area (Å²) in [6, 6.07) is 26.3. The SMILES string of the molecule is COc1cc2c(cc1OC)C([C@H](C(=O)N(Cc1ccccc1)Cc1ccccc1)c1ccsc1)=NCC2. The number of ether oxygens (including phenoxy) is 2. The lowest BCUT2D eigenvalue weighted by Gasteiger charge is -2.30. The fourth-order valence-electron chi connectivity index (χ4n) is 4.85. The Morgan fingerprint density at radius 3 is 2.11 bits per heavy atom. The molecule has 1 aromatic heterocycles. The van der Waals surface area contributed by atoms with Gasteiger partial charge in [0.1, 0.15) is 5.92 Å². The largest absolute Gasteiger partial charge is 0.493 e. The molecule has 0 radical (unpaired) electrons. The molecule has 5 nitrogen and oxygen atoms in total. The first kappa shape index (κ1) is 24.8. The monoisotopic (exact) mass is 510 g/mol. The number of carbonyl (C=O) groups is 1. The Labute approximate surface area is 222 Å². The zero-order chi connectivity index (χ0) is 25.6. The van der Waals surface area contributed by atoms with Gasteiger partial charge in [0.25, 0.3) is 0 Å². The van der Waals surface area contributed by atoms with E-state index in [9.17, 15) is 4.79 Å². The molecular formula is C31H30N2O3S. The van der Waals surface area contributed by atoms with Crippen LogP contribution in [0.2, 0.25) is 0 Å². The van der Waals surface area contributed by atoms with Crippen molar-refractivity contribution < 1.29 is 14.3 Å². The van der Waals surface area contributed by atoms with Crippen LogP contribution >= 0.6 is 11.3 Å². The number of fused-ring (bicyclic) bond motifs is 1.